The van der Waals surface area contributed by atoms with Gasteiger partial charge >= 0.3 is 0 Å². The molecule has 0 aliphatic carbocycles. The smallest absolute Gasteiger partial charge is 0.251 e. The molecule has 2 aromatic rings. The summed E-state index contributed by atoms with van der Waals surface area (Å²) in [7, 11) is 0. The zero-order chi connectivity index (χ0) is 21.6. The average molecular weight is 396 g/mol. The van der Waals surface area contributed by atoms with Gasteiger partial charge in [0.15, 0.2) is 0 Å². The molecule has 6 nitrogen and oxygen atoms in total. The van der Waals surface area contributed by atoms with Crippen LogP contribution in [0.5, 0.6) is 0 Å². The number of amides is 3. The Hall–Kier alpha value is -3.15. The van der Waals surface area contributed by atoms with Crippen molar-refractivity contribution in [1.82, 2.24) is 5.32 Å². The summed E-state index contributed by atoms with van der Waals surface area (Å²) in [5.74, 6) is -0.610. The molecule has 29 heavy (non-hydrogen) atoms. The molecule has 0 aliphatic rings. The Morgan fingerprint density at radius 1 is 0.862 bits per heavy atom. The van der Waals surface area contributed by atoms with Crippen molar-refractivity contribution in [1.29, 1.82) is 0 Å². The first-order chi connectivity index (χ1) is 13.7. The van der Waals surface area contributed by atoms with Gasteiger partial charge in [-0.3, -0.25) is 14.4 Å². The van der Waals surface area contributed by atoms with Gasteiger partial charge in [0.1, 0.15) is 0 Å². The van der Waals surface area contributed by atoms with E-state index < -0.39 is 0 Å². The molecule has 0 fully saturated rings. The SMILES string of the molecule is CCc1ccc(C(NC(=O)c2cc(NC(C)=O)cc(NC(C)=O)c2)C(C)C)cc1. The Bertz CT molecular complexity index is 854. The fourth-order valence-electron chi connectivity index (χ4n) is 3.13. The molecule has 2 rings (SSSR count). The molecule has 1 unspecified atom stereocenters. The van der Waals surface area contributed by atoms with Crippen LogP contribution in [0.1, 0.15) is 62.1 Å². The molecule has 1 atom stereocenters. The van der Waals surface area contributed by atoms with Crippen molar-refractivity contribution in [3.05, 3.63) is 59.2 Å². The minimum absolute atomic E-state index is 0.165. The topological polar surface area (TPSA) is 87.3 Å². The third-order valence-electron chi connectivity index (χ3n) is 4.54. The van der Waals surface area contributed by atoms with Crippen molar-refractivity contribution in [3.63, 3.8) is 0 Å². The van der Waals surface area contributed by atoms with Gasteiger partial charge in [0, 0.05) is 30.8 Å². The molecule has 0 bridgehead atoms. The summed E-state index contributed by atoms with van der Waals surface area (Å²) in [6.45, 7) is 8.98. The van der Waals surface area contributed by atoms with Gasteiger partial charge in [-0.05, 0) is 41.7 Å². The summed E-state index contributed by atoms with van der Waals surface area (Å²) in [5, 5.41) is 8.41. The number of hydrogen-bond donors (Lipinski definition) is 3. The van der Waals surface area contributed by atoms with E-state index in [1.807, 2.05) is 12.1 Å². The van der Waals surface area contributed by atoms with Crippen molar-refractivity contribution in [2.45, 2.75) is 47.1 Å². The second kappa shape index (κ2) is 9.87. The summed E-state index contributed by atoms with van der Waals surface area (Å²) in [4.78, 5) is 35.9. The molecule has 0 saturated heterocycles. The van der Waals surface area contributed by atoms with E-state index in [1.54, 1.807) is 18.2 Å². The second-order valence-electron chi connectivity index (χ2n) is 7.45. The van der Waals surface area contributed by atoms with Gasteiger partial charge in [-0.25, -0.2) is 0 Å². The van der Waals surface area contributed by atoms with E-state index in [0.29, 0.717) is 16.9 Å². The molecule has 0 aromatic heterocycles. The van der Waals surface area contributed by atoms with Gasteiger partial charge in [0.2, 0.25) is 11.8 Å². The van der Waals surface area contributed by atoms with Crippen LogP contribution in [0.3, 0.4) is 0 Å². The molecule has 3 N–H and O–H groups in total. The van der Waals surface area contributed by atoms with Crippen LogP contribution in [0, 0.1) is 5.92 Å². The maximum atomic E-state index is 13.0. The molecule has 0 heterocycles. The summed E-state index contributed by atoms with van der Waals surface area (Å²) in [6, 6.07) is 12.9. The first kappa shape index (κ1) is 22.1. The number of carbonyl (C=O) groups excluding carboxylic acids is 3. The Morgan fingerprint density at radius 2 is 1.38 bits per heavy atom. The molecule has 3 amide bonds. The zero-order valence-electron chi connectivity index (χ0n) is 17.6. The maximum absolute atomic E-state index is 13.0. The molecular formula is C23H29N3O3. The fourth-order valence-corrected chi connectivity index (χ4v) is 3.13. The molecule has 0 radical (unpaired) electrons. The van der Waals surface area contributed by atoms with Gasteiger partial charge < -0.3 is 16.0 Å². The minimum atomic E-state index is -0.276. The van der Waals surface area contributed by atoms with Crippen LogP contribution in [0.15, 0.2) is 42.5 Å². The van der Waals surface area contributed by atoms with E-state index in [-0.39, 0.29) is 29.7 Å². The average Bonchev–Trinajstić information content (AvgIpc) is 2.64. The molecule has 2 aromatic carbocycles. The number of aryl methyl sites for hydroxylation is 1. The van der Waals surface area contributed by atoms with E-state index >= 15 is 0 Å². The predicted octanol–water partition coefficient (Wildman–Crippen LogP) is 4.29. The number of carbonyl (C=O) groups is 3. The van der Waals surface area contributed by atoms with Crippen molar-refractivity contribution < 1.29 is 14.4 Å². The Morgan fingerprint density at radius 3 is 1.79 bits per heavy atom. The normalized spacial score (nSPS) is 11.7. The number of nitrogens with one attached hydrogen (secondary N) is 3. The van der Waals surface area contributed by atoms with Crippen molar-refractivity contribution in [2.75, 3.05) is 10.6 Å². The van der Waals surface area contributed by atoms with Crippen LogP contribution < -0.4 is 16.0 Å². The Kier molecular flexibility index (Phi) is 7.53. The van der Waals surface area contributed by atoms with Gasteiger partial charge in [0.05, 0.1) is 6.04 Å². The first-order valence-corrected chi connectivity index (χ1v) is 9.79. The Balaban J connectivity index is 2.32. The van der Waals surface area contributed by atoms with E-state index in [4.69, 9.17) is 0 Å². The lowest BCUT2D eigenvalue weighted by atomic mass is 9.94. The van der Waals surface area contributed by atoms with Crippen LogP contribution >= 0.6 is 0 Å². The number of hydrogen-bond acceptors (Lipinski definition) is 3. The first-order valence-electron chi connectivity index (χ1n) is 9.79. The summed E-state index contributed by atoms with van der Waals surface area (Å²) in [6.07, 6.45) is 0.959. The fraction of sp³-hybridized carbons (Fsp3) is 0.348. The molecule has 6 heteroatoms. The number of benzene rings is 2. The van der Waals surface area contributed by atoms with Crippen LogP contribution in [0.2, 0.25) is 0 Å². The highest BCUT2D eigenvalue weighted by Gasteiger charge is 2.20. The number of anilines is 2. The van der Waals surface area contributed by atoms with Crippen LogP contribution in [-0.2, 0) is 16.0 Å². The maximum Gasteiger partial charge on any atom is 0.251 e. The van der Waals surface area contributed by atoms with Crippen LogP contribution in [0.25, 0.3) is 0 Å². The van der Waals surface area contributed by atoms with Gasteiger partial charge in [-0.15, -0.1) is 0 Å². The van der Waals surface area contributed by atoms with E-state index in [0.717, 1.165) is 12.0 Å². The molecule has 0 aliphatic heterocycles. The van der Waals surface area contributed by atoms with Crippen LogP contribution in [-0.4, -0.2) is 17.7 Å². The highest BCUT2D eigenvalue weighted by atomic mass is 16.2. The monoisotopic (exact) mass is 395 g/mol. The quantitative estimate of drug-likeness (QED) is 0.653. The van der Waals surface area contributed by atoms with E-state index in [1.165, 1.54) is 19.4 Å². The molecule has 0 spiro atoms. The highest BCUT2D eigenvalue weighted by Crippen LogP contribution is 2.25. The lowest BCUT2D eigenvalue weighted by Crippen LogP contribution is -2.32. The van der Waals surface area contributed by atoms with Gasteiger partial charge in [-0.1, -0.05) is 45.0 Å². The molecule has 0 saturated carbocycles. The van der Waals surface area contributed by atoms with Crippen molar-refractivity contribution in [3.8, 4) is 0 Å². The van der Waals surface area contributed by atoms with Crippen molar-refractivity contribution in [2.24, 2.45) is 5.92 Å². The minimum Gasteiger partial charge on any atom is -0.345 e. The highest BCUT2D eigenvalue weighted by molar-refractivity contribution is 6.00. The number of rotatable bonds is 7. The molecule has 154 valence electrons. The lowest BCUT2D eigenvalue weighted by molar-refractivity contribution is -0.115. The van der Waals surface area contributed by atoms with E-state index in [2.05, 4.69) is 48.9 Å². The zero-order valence-corrected chi connectivity index (χ0v) is 17.6. The van der Waals surface area contributed by atoms with Crippen LogP contribution in [0.4, 0.5) is 11.4 Å². The summed E-state index contributed by atoms with van der Waals surface area (Å²) >= 11 is 0. The van der Waals surface area contributed by atoms with E-state index in [9.17, 15) is 14.4 Å². The Labute approximate surface area is 172 Å². The van der Waals surface area contributed by atoms with Gasteiger partial charge in [0.25, 0.3) is 5.91 Å². The summed E-state index contributed by atoms with van der Waals surface area (Å²) in [5.41, 5.74) is 3.52. The van der Waals surface area contributed by atoms with Gasteiger partial charge in [-0.2, -0.15) is 0 Å². The largest absolute Gasteiger partial charge is 0.345 e. The predicted molar refractivity (Wildman–Crippen MR) is 116 cm³/mol. The standard InChI is InChI=1S/C23H29N3O3/c1-6-17-7-9-18(10-8-17)22(14(2)3)26-23(29)19-11-20(24-15(4)27)13-21(12-19)25-16(5)28/h7-14,22H,6H2,1-5H3,(H,24,27)(H,25,28)(H,26,29). The lowest BCUT2D eigenvalue weighted by Gasteiger charge is -2.23. The second-order valence-corrected chi connectivity index (χ2v) is 7.45. The third-order valence-corrected chi connectivity index (χ3v) is 4.54. The summed E-state index contributed by atoms with van der Waals surface area (Å²) < 4.78 is 0. The molecular weight excluding hydrogens is 366 g/mol. The third kappa shape index (κ3) is 6.45. The van der Waals surface area contributed by atoms with Crippen molar-refractivity contribution >= 4 is 29.1 Å².